The second kappa shape index (κ2) is 16.8. The lowest BCUT2D eigenvalue weighted by atomic mass is 9.55. The SMILES string of the molecule is O=C1CCC(N2Cc3c(NC4CN(CCNC(=O)c5ccc(NC(=O)[C@@H]6NC7(CCCCC7)[C@@]7(C(=O)Nc8cc(Cl)ccc87)[C@H]6c6cccc(Cl)c6F)cc5)C4)cccc3C2=O)C(=O)N1. The molecule has 6 amide bonds. The van der Waals surface area contributed by atoms with Gasteiger partial charge in [0.15, 0.2) is 0 Å². The Kier molecular flexibility index (Phi) is 11.2. The van der Waals surface area contributed by atoms with Crippen LogP contribution in [0.25, 0.3) is 0 Å². The Balaban J connectivity index is 0.770. The van der Waals surface area contributed by atoms with E-state index in [9.17, 15) is 28.8 Å². The third kappa shape index (κ3) is 7.32. The Hall–Kier alpha value is -5.87. The number of rotatable bonds is 10. The molecule has 17 heteroatoms. The van der Waals surface area contributed by atoms with Gasteiger partial charge < -0.3 is 26.2 Å². The van der Waals surface area contributed by atoms with Crippen molar-refractivity contribution in [1.29, 1.82) is 0 Å². The van der Waals surface area contributed by atoms with Crippen molar-refractivity contribution in [2.45, 2.75) is 86.5 Å². The van der Waals surface area contributed by atoms with Gasteiger partial charge in [-0.05, 0) is 85.0 Å². The summed E-state index contributed by atoms with van der Waals surface area (Å²) in [6.45, 7) is 2.77. The first kappa shape index (κ1) is 43.0. The van der Waals surface area contributed by atoms with E-state index in [0.29, 0.717) is 65.4 Å². The molecule has 3 saturated heterocycles. The van der Waals surface area contributed by atoms with Gasteiger partial charge in [-0.25, -0.2) is 4.39 Å². The van der Waals surface area contributed by atoms with Gasteiger partial charge in [-0.2, -0.15) is 0 Å². The maximum absolute atomic E-state index is 16.3. The molecule has 65 heavy (non-hydrogen) atoms. The average molecular weight is 922 g/mol. The standard InChI is InChI=1S/C48H47Cl2FN8O6/c49-27-12-15-33-36(22-27)55-46(65)48(33)39(31-7-4-8-34(50)40(31)51)41(57-47(48)18-2-1-3-19-47)44(63)54-28-13-10-26(11-14-28)42(61)52-20-21-58-23-29(24-58)53-35-9-5-6-30-32(35)25-59(45(30)64)37-16-17-38(60)56-43(37)62/h4-15,22,29,37,39,41,53,57H,1-3,16-21,23-25H2,(H,52,61)(H,54,63)(H,55,65)(H,56,60,62)/t37?,39-,41+,48+/m0/s1. The molecule has 6 N–H and O–H groups in total. The van der Waals surface area contributed by atoms with E-state index < -0.39 is 46.6 Å². The first-order valence-electron chi connectivity index (χ1n) is 22.1. The molecule has 6 aliphatic rings. The zero-order chi connectivity index (χ0) is 45.2. The van der Waals surface area contributed by atoms with E-state index >= 15 is 4.39 Å². The largest absolute Gasteiger partial charge is 0.379 e. The molecule has 5 aliphatic heterocycles. The normalized spacial score (nSPS) is 24.7. The van der Waals surface area contributed by atoms with Crippen molar-refractivity contribution >= 4 is 75.7 Å². The Labute approximate surface area is 384 Å². The number of carbonyl (C=O) groups is 6. The number of carbonyl (C=O) groups excluding carboxylic acids is 6. The van der Waals surface area contributed by atoms with Crippen molar-refractivity contribution in [2.75, 3.05) is 42.1 Å². The summed E-state index contributed by atoms with van der Waals surface area (Å²) in [4.78, 5) is 83.5. The molecule has 5 heterocycles. The maximum atomic E-state index is 16.3. The molecule has 1 saturated carbocycles. The minimum atomic E-state index is -1.36. The van der Waals surface area contributed by atoms with Crippen LogP contribution in [0.4, 0.5) is 21.5 Å². The number of fused-ring (bicyclic) bond motifs is 4. The van der Waals surface area contributed by atoms with E-state index in [1.807, 2.05) is 18.2 Å². The highest BCUT2D eigenvalue weighted by molar-refractivity contribution is 6.31. The molecular weight excluding hydrogens is 874 g/mol. The molecule has 10 rings (SSSR count). The van der Waals surface area contributed by atoms with Gasteiger partial charge in [0, 0.05) is 89.4 Å². The van der Waals surface area contributed by atoms with Gasteiger partial charge in [0.2, 0.25) is 23.6 Å². The minimum absolute atomic E-state index is 0.107. The second-order valence-corrected chi connectivity index (χ2v) is 18.8. The summed E-state index contributed by atoms with van der Waals surface area (Å²) in [7, 11) is 0. The second-order valence-electron chi connectivity index (χ2n) is 18.0. The van der Waals surface area contributed by atoms with Gasteiger partial charge in [-0.1, -0.05) is 66.7 Å². The van der Waals surface area contributed by atoms with E-state index in [1.165, 1.54) is 6.07 Å². The van der Waals surface area contributed by atoms with E-state index in [4.69, 9.17) is 23.2 Å². The smallest absolute Gasteiger partial charge is 0.255 e. The number of likely N-dealkylation sites (tertiary alicyclic amines) is 1. The number of hydrogen-bond donors (Lipinski definition) is 6. The third-order valence-corrected chi connectivity index (χ3v) is 14.9. The first-order chi connectivity index (χ1) is 31.4. The van der Waals surface area contributed by atoms with Crippen molar-refractivity contribution in [3.63, 3.8) is 0 Å². The predicted molar refractivity (Wildman–Crippen MR) is 242 cm³/mol. The number of amides is 6. The van der Waals surface area contributed by atoms with E-state index in [2.05, 4.69) is 36.8 Å². The van der Waals surface area contributed by atoms with Crippen LogP contribution in [-0.2, 0) is 31.1 Å². The first-order valence-corrected chi connectivity index (χ1v) is 22.9. The highest BCUT2D eigenvalue weighted by Gasteiger charge is 2.72. The molecule has 2 spiro atoms. The molecule has 14 nitrogen and oxygen atoms in total. The summed E-state index contributed by atoms with van der Waals surface area (Å²) in [6.07, 6.45) is 4.29. The van der Waals surface area contributed by atoms with Crippen LogP contribution in [0.3, 0.4) is 0 Å². The lowest BCUT2D eigenvalue weighted by Crippen LogP contribution is -2.60. The summed E-state index contributed by atoms with van der Waals surface area (Å²) in [5.41, 5.74) is 2.19. The molecular formula is C48H47Cl2FN8O6. The number of nitrogens with zero attached hydrogens (tertiary/aromatic N) is 2. The fourth-order valence-corrected chi connectivity index (χ4v) is 11.7. The topological polar surface area (TPSA) is 181 Å². The van der Waals surface area contributed by atoms with Gasteiger partial charge >= 0.3 is 0 Å². The van der Waals surface area contributed by atoms with Crippen LogP contribution in [0.2, 0.25) is 10.0 Å². The number of benzene rings is 4. The molecule has 0 bridgehead atoms. The Morgan fingerprint density at radius 3 is 2.43 bits per heavy atom. The number of anilines is 3. The molecule has 4 aromatic rings. The number of imide groups is 1. The van der Waals surface area contributed by atoms with Gasteiger partial charge in [-0.15, -0.1) is 0 Å². The summed E-state index contributed by atoms with van der Waals surface area (Å²) in [6, 6.07) is 20.4. The van der Waals surface area contributed by atoms with Gasteiger partial charge in [0.1, 0.15) is 17.3 Å². The van der Waals surface area contributed by atoms with Crippen LogP contribution in [0.15, 0.2) is 78.9 Å². The van der Waals surface area contributed by atoms with E-state index in [1.54, 1.807) is 59.5 Å². The zero-order valence-corrected chi connectivity index (χ0v) is 36.8. The molecule has 336 valence electrons. The Morgan fingerprint density at radius 2 is 1.66 bits per heavy atom. The molecule has 4 atom stereocenters. The van der Waals surface area contributed by atoms with Crippen LogP contribution >= 0.6 is 23.2 Å². The monoisotopic (exact) mass is 920 g/mol. The molecule has 0 radical (unpaired) electrons. The number of halogens is 3. The minimum Gasteiger partial charge on any atom is -0.379 e. The van der Waals surface area contributed by atoms with Crippen LogP contribution in [0.1, 0.15) is 88.3 Å². The Bertz CT molecular complexity index is 2650. The molecule has 4 fully saturated rings. The fraction of sp³-hybridized carbons (Fsp3) is 0.375. The van der Waals surface area contributed by atoms with Gasteiger partial charge in [-0.3, -0.25) is 44.3 Å². The fourth-order valence-electron chi connectivity index (χ4n) is 11.4. The quantitative estimate of drug-likeness (QED) is 0.109. The van der Waals surface area contributed by atoms with Crippen molar-refractivity contribution in [1.82, 2.24) is 25.8 Å². The van der Waals surface area contributed by atoms with Crippen LogP contribution in [0, 0.1) is 5.82 Å². The summed E-state index contributed by atoms with van der Waals surface area (Å²) in [5, 5.41) is 18.9. The van der Waals surface area contributed by atoms with Gasteiger partial charge in [0.05, 0.1) is 17.1 Å². The summed E-state index contributed by atoms with van der Waals surface area (Å²) in [5.74, 6) is -3.69. The van der Waals surface area contributed by atoms with Crippen LogP contribution in [0.5, 0.6) is 0 Å². The van der Waals surface area contributed by atoms with Crippen molar-refractivity contribution in [3.05, 3.63) is 123 Å². The van der Waals surface area contributed by atoms with Crippen molar-refractivity contribution in [2.24, 2.45) is 0 Å². The highest BCUT2D eigenvalue weighted by atomic mass is 35.5. The average Bonchev–Trinajstić information content (AvgIpc) is 3.87. The lowest BCUT2D eigenvalue weighted by molar-refractivity contribution is -0.137. The molecule has 0 aromatic heterocycles. The maximum Gasteiger partial charge on any atom is 0.255 e. The van der Waals surface area contributed by atoms with Gasteiger partial charge in [0.25, 0.3) is 11.8 Å². The van der Waals surface area contributed by atoms with Crippen molar-refractivity contribution < 1.29 is 33.2 Å². The molecule has 4 aromatic carbocycles. The van der Waals surface area contributed by atoms with E-state index in [0.717, 1.165) is 43.6 Å². The summed E-state index contributed by atoms with van der Waals surface area (Å²) < 4.78 is 16.3. The third-order valence-electron chi connectivity index (χ3n) is 14.3. The Morgan fingerprint density at radius 1 is 0.892 bits per heavy atom. The highest BCUT2D eigenvalue weighted by Crippen LogP contribution is 2.63. The van der Waals surface area contributed by atoms with Crippen LogP contribution in [-0.4, -0.2) is 95.1 Å². The summed E-state index contributed by atoms with van der Waals surface area (Å²) >= 11 is 12.8. The number of nitrogens with one attached hydrogen (secondary N) is 6. The number of hydrogen-bond acceptors (Lipinski definition) is 9. The zero-order valence-electron chi connectivity index (χ0n) is 35.3. The van der Waals surface area contributed by atoms with E-state index in [-0.39, 0.29) is 53.2 Å². The molecule has 1 unspecified atom stereocenters. The van der Waals surface area contributed by atoms with Crippen LogP contribution < -0.4 is 31.9 Å². The van der Waals surface area contributed by atoms with Crippen molar-refractivity contribution in [3.8, 4) is 0 Å². The lowest BCUT2D eigenvalue weighted by Gasteiger charge is -2.47. The predicted octanol–water partition coefficient (Wildman–Crippen LogP) is 5.71. The molecule has 1 aliphatic carbocycles. The number of piperidine rings is 1.